The van der Waals surface area contributed by atoms with Crippen molar-refractivity contribution < 1.29 is 24.2 Å². The minimum absolute atomic E-state index is 0.0250. The fourth-order valence-corrected chi connectivity index (χ4v) is 2.95. The highest BCUT2D eigenvalue weighted by Gasteiger charge is 2.22. The molecule has 148 valence electrons. The van der Waals surface area contributed by atoms with Crippen LogP contribution in [0.15, 0.2) is 24.3 Å². The molecule has 0 aliphatic carbocycles. The SMILES string of the molecule is CSCCCOc1ccc2c(c1)cc(C(=O)O)n2C(=O)OCCC(C)(C)C. The first-order valence-electron chi connectivity index (χ1n) is 8.90. The summed E-state index contributed by atoms with van der Waals surface area (Å²) in [6.45, 7) is 6.98. The van der Waals surface area contributed by atoms with Gasteiger partial charge in [-0.3, -0.25) is 0 Å². The van der Waals surface area contributed by atoms with E-state index in [4.69, 9.17) is 9.47 Å². The van der Waals surface area contributed by atoms with Gasteiger partial charge in [-0.05, 0) is 54.5 Å². The predicted octanol–water partition coefficient (Wildman–Crippen LogP) is 4.89. The van der Waals surface area contributed by atoms with E-state index in [1.807, 2.05) is 6.26 Å². The Labute approximate surface area is 163 Å². The Balaban J connectivity index is 2.22. The zero-order valence-electron chi connectivity index (χ0n) is 16.3. The highest BCUT2D eigenvalue weighted by Crippen LogP contribution is 2.26. The van der Waals surface area contributed by atoms with Gasteiger partial charge in [0.05, 0.1) is 18.7 Å². The van der Waals surface area contributed by atoms with Crippen LogP contribution in [0.5, 0.6) is 5.75 Å². The monoisotopic (exact) mass is 393 g/mol. The van der Waals surface area contributed by atoms with Crippen LogP contribution in [0.25, 0.3) is 10.9 Å². The molecule has 1 aromatic heterocycles. The summed E-state index contributed by atoms with van der Waals surface area (Å²) >= 11 is 1.76. The topological polar surface area (TPSA) is 77.8 Å². The normalized spacial score (nSPS) is 11.6. The van der Waals surface area contributed by atoms with Crippen LogP contribution in [0.4, 0.5) is 4.79 Å². The van der Waals surface area contributed by atoms with E-state index >= 15 is 0 Å². The quantitative estimate of drug-likeness (QED) is 0.643. The number of aromatic carboxylic acids is 1. The Hall–Kier alpha value is -2.15. The number of fused-ring (bicyclic) bond motifs is 1. The third-order valence-electron chi connectivity index (χ3n) is 4.01. The third kappa shape index (κ3) is 5.92. The van der Waals surface area contributed by atoms with Gasteiger partial charge in [-0.2, -0.15) is 11.8 Å². The van der Waals surface area contributed by atoms with Gasteiger partial charge in [0.1, 0.15) is 11.4 Å². The average Bonchev–Trinajstić information content (AvgIpc) is 2.96. The van der Waals surface area contributed by atoms with Gasteiger partial charge in [-0.1, -0.05) is 20.8 Å². The molecule has 7 heteroatoms. The Morgan fingerprint density at radius 3 is 2.56 bits per heavy atom. The molecule has 0 saturated carbocycles. The van der Waals surface area contributed by atoms with Crippen LogP contribution in [0.3, 0.4) is 0 Å². The van der Waals surface area contributed by atoms with E-state index < -0.39 is 12.1 Å². The number of aromatic nitrogens is 1. The fraction of sp³-hybridized carbons (Fsp3) is 0.500. The van der Waals surface area contributed by atoms with Crippen molar-refractivity contribution in [1.29, 1.82) is 0 Å². The van der Waals surface area contributed by atoms with Gasteiger partial charge in [0, 0.05) is 5.39 Å². The number of carbonyl (C=O) groups is 2. The van der Waals surface area contributed by atoms with E-state index in [9.17, 15) is 14.7 Å². The van der Waals surface area contributed by atoms with Crippen LogP contribution in [-0.2, 0) is 4.74 Å². The molecule has 1 aromatic carbocycles. The average molecular weight is 394 g/mol. The highest BCUT2D eigenvalue weighted by molar-refractivity contribution is 7.98. The summed E-state index contributed by atoms with van der Waals surface area (Å²) in [5.74, 6) is 0.488. The molecule has 6 nitrogen and oxygen atoms in total. The third-order valence-corrected chi connectivity index (χ3v) is 4.71. The van der Waals surface area contributed by atoms with Gasteiger partial charge in [0.25, 0.3) is 0 Å². The molecule has 27 heavy (non-hydrogen) atoms. The summed E-state index contributed by atoms with van der Waals surface area (Å²) in [6.07, 6.45) is 2.98. The van der Waals surface area contributed by atoms with E-state index in [1.54, 1.807) is 30.0 Å². The molecule has 2 rings (SSSR count). The second-order valence-electron chi connectivity index (χ2n) is 7.51. The lowest BCUT2D eigenvalue weighted by molar-refractivity contribution is 0.0680. The first-order chi connectivity index (χ1) is 12.7. The summed E-state index contributed by atoms with van der Waals surface area (Å²) < 4.78 is 12.1. The minimum Gasteiger partial charge on any atom is -0.494 e. The number of hydrogen-bond donors (Lipinski definition) is 1. The first kappa shape index (κ1) is 21.2. The van der Waals surface area contributed by atoms with E-state index in [0.717, 1.165) is 16.7 Å². The lowest BCUT2D eigenvalue weighted by Crippen LogP contribution is -2.20. The maximum Gasteiger partial charge on any atom is 0.419 e. The van der Waals surface area contributed by atoms with Gasteiger partial charge >= 0.3 is 12.1 Å². The molecular weight excluding hydrogens is 366 g/mol. The number of thioether (sulfide) groups is 1. The number of carbonyl (C=O) groups excluding carboxylic acids is 1. The van der Waals surface area contributed by atoms with Crippen LogP contribution in [0.2, 0.25) is 0 Å². The summed E-state index contributed by atoms with van der Waals surface area (Å²) in [5, 5.41) is 10.1. The van der Waals surface area contributed by atoms with Crippen molar-refractivity contribution in [2.75, 3.05) is 25.2 Å². The molecule has 0 aliphatic rings. The van der Waals surface area contributed by atoms with Crippen molar-refractivity contribution in [3.63, 3.8) is 0 Å². The number of hydrogen-bond acceptors (Lipinski definition) is 5. The maximum absolute atomic E-state index is 12.5. The number of ether oxygens (including phenoxy) is 2. The molecule has 0 fully saturated rings. The van der Waals surface area contributed by atoms with Gasteiger partial charge in [-0.15, -0.1) is 0 Å². The van der Waals surface area contributed by atoms with Gasteiger partial charge in [0.15, 0.2) is 0 Å². The van der Waals surface area contributed by atoms with Crippen molar-refractivity contribution >= 4 is 34.7 Å². The van der Waals surface area contributed by atoms with Crippen LogP contribution in [0.1, 0.15) is 44.1 Å². The molecule has 1 N–H and O–H groups in total. The molecule has 1 heterocycles. The Kier molecular flexibility index (Phi) is 7.18. The lowest BCUT2D eigenvalue weighted by Gasteiger charge is -2.17. The van der Waals surface area contributed by atoms with E-state index in [2.05, 4.69) is 20.8 Å². The van der Waals surface area contributed by atoms with E-state index in [-0.39, 0.29) is 17.7 Å². The summed E-state index contributed by atoms with van der Waals surface area (Å²) in [4.78, 5) is 24.1. The minimum atomic E-state index is -1.18. The second-order valence-corrected chi connectivity index (χ2v) is 8.50. The molecule has 0 saturated heterocycles. The molecule has 2 aromatic rings. The molecular formula is C20H27NO5S. The van der Waals surface area contributed by atoms with Crippen LogP contribution in [0, 0.1) is 5.41 Å². The van der Waals surface area contributed by atoms with Crippen molar-refractivity contribution in [1.82, 2.24) is 4.57 Å². The standard InChI is InChI=1S/C20H27NO5S/c1-20(2,3)8-10-26-19(24)21-16-7-6-15(25-9-5-11-27-4)12-14(16)13-17(21)18(22)23/h6-7,12-13H,5,8-11H2,1-4H3,(H,22,23). The second kappa shape index (κ2) is 9.17. The first-order valence-corrected chi connectivity index (χ1v) is 10.3. The number of rotatable bonds is 8. The molecule has 0 radical (unpaired) electrons. The van der Waals surface area contributed by atoms with Crippen molar-refractivity contribution in [3.8, 4) is 5.75 Å². The molecule has 0 unspecified atom stereocenters. The van der Waals surface area contributed by atoms with Crippen LogP contribution in [-0.4, -0.2) is 47.0 Å². The Morgan fingerprint density at radius 1 is 1.19 bits per heavy atom. The van der Waals surface area contributed by atoms with E-state index in [1.165, 1.54) is 6.07 Å². The van der Waals surface area contributed by atoms with Gasteiger partial charge < -0.3 is 14.6 Å². The van der Waals surface area contributed by atoms with Gasteiger partial charge in [0.2, 0.25) is 0 Å². The largest absolute Gasteiger partial charge is 0.494 e. The smallest absolute Gasteiger partial charge is 0.419 e. The van der Waals surface area contributed by atoms with Gasteiger partial charge in [-0.25, -0.2) is 14.2 Å². The summed E-state index contributed by atoms with van der Waals surface area (Å²) in [6, 6.07) is 6.65. The number of benzene rings is 1. The molecule has 0 bridgehead atoms. The molecule has 0 amide bonds. The molecule has 0 spiro atoms. The number of carboxylic acid groups (broad SMARTS) is 1. The Bertz CT molecular complexity index is 807. The number of carboxylic acids is 1. The summed E-state index contributed by atoms with van der Waals surface area (Å²) in [5.41, 5.74) is 0.395. The van der Waals surface area contributed by atoms with Crippen molar-refractivity contribution in [2.24, 2.45) is 5.41 Å². The zero-order chi connectivity index (χ0) is 20.0. The highest BCUT2D eigenvalue weighted by atomic mass is 32.2. The van der Waals surface area contributed by atoms with Crippen LogP contribution < -0.4 is 4.74 Å². The van der Waals surface area contributed by atoms with Crippen molar-refractivity contribution in [2.45, 2.75) is 33.6 Å². The zero-order valence-corrected chi connectivity index (χ0v) is 17.1. The predicted molar refractivity (Wildman–Crippen MR) is 108 cm³/mol. The van der Waals surface area contributed by atoms with E-state index in [0.29, 0.717) is 29.7 Å². The lowest BCUT2D eigenvalue weighted by atomic mass is 9.93. The van der Waals surface area contributed by atoms with Crippen molar-refractivity contribution in [3.05, 3.63) is 30.0 Å². The molecule has 0 atom stereocenters. The number of nitrogens with zero attached hydrogens (tertiary/aromatic N) is 1. The summed E-state index contributed by atoms with van der Waals surface area (Å²) in [7, 11) is 0. The van der Waals surface area contributed by atoms with Crippen LogP contribution >= 0.6 is 11.8 Å². The molecule has 0 aliphatic heterocycles. The maximum atomic E-state index is 12.5. The fourth-order valence-electron chi connectivity index (χ4n) is 2.54. The Morgan fingerprint density at radius 2 is 1.93 bits per heavy atom.